The monoisotopic (exact) mass is 480 g/mol. The van der Waals surface area contributed by atoms with E-state index in [1.165, 1.54) is 36.8 Å². The summed E-state index contributed by atoms with van der Waals surface area (Å²) in [5.74, 6) is 0.513. The fraction of sp³-hybridized carbons (Fsp3) is 0.800. The largest absolute Gasteiger partial charge is 0.461 e. The van der Waals surface area contributed by atoms with Crippen molar-refractivity contribution in [2.24, 2.45) is 39.9 Å². The number of carbonyl (C=O) groups is 2. The van der Waals surface area contributed by atoms with Crippen LogP contribution in [0.25, 0.3) is 0 Å². The molecular weight excluding hydrogens is 440 g/mol. The average molecular weight is 481 g/mol. The zero-order valence-corrected chi connectivity index (χ0v) is 21.7. The van der Waals surface area contributed by atoms with E-state index < -0.39 is 11.0 Å². The molecule has 0 aromatic rings. The summed E-state index contributed by atoms with van der Waals surface area (Å²) in [4.78, 5) is 27.1. The lowest BCUT2D eigenvalue weighted by Gasteiger charge is -2.47. The summed E-state index contributed by atoms with van der Waals surface area (Å²) in [6.45, 7) is 9.61. The van der Waals surface area contributed by atoms with E-state index in [1.54, 1.807) is 0 Å². The van der Waals surface area contributed by atoms with Gasteiger partial charge in [0.1, 0.15) is 17.6 Å². The molecular formula is C30H40O5. The molecule has 0 aromatic carbocycles. The van der Waals surface area contributed by atoms with E-state index in [0.717, 1.165) is 25.7 Å². The first-order valence-electron chi connectivity index (χ1n) is 14.1. The van der Waals surface area contributed by atoms with Gasteiger partial charge in [-0.25, -0.2) is 4.79 Å². The van der Waals surface area contributed by atoms with Crippen LogP contribution in [0.4, 0.5) is 0 Å². The highest BCUT2D eigenvalue weighted by Gasteiger charge is 2.73. The van der Waals surface area contributed by atoms with Gasteiger partial charge >= 0.3 is 11.9 Å². The molecule has 190 valence electrons. The molecule has 3 aliphatic heterocycles. The lowest BCUT2D eigenvalue weighted by molar-refractivity contribution is -0.156. The standard InChI is InChI=1S/C30H40O5/c1-17-7-5-9-27(3)13-23-21(11-19(17)27)29(25(31)34-23)15-30(33-16-29)22-12-20-18(2)8-6-10-28(20,4)14-24(22)35-26(30)32/h11-12,17-18,21-24H,5-10,13-16H2,1-4H3. The summed E-state index contributed by atoms with van der Waals surface area (Å²) in [5, 5.41) is 0. The molecule has 5 nitrogen and oxygen atoms in total. The summed E-state index contributed by atoms with van der Waals surface area (Å²) >= 11 is 0. The highest BCUT2D eigenvalue weighted by molar-refractivity contribution is 5.88. The molecule has 0 N–H and O–H groups in total. The second-order valence-corrected chi connectivity index (χ2v) is 13.8. The smallest absolute Gasteiger partial charge is 0.339 e. The Bertz CT molecular complexity index is 977. The topological polar surface area (TPSA) is 61.8 Å². The van der Waals surface area contributed by atoms with Gasteiger partial charge in [-0.05, 0) is 61.2 Å². The maximum absolute atomic E-state index is 13.6. The third-order valence-corrected chi connectivity index (χ3v) is 11.6. The number of hydrogen-bond acceptors (Lipinski definition) is 5. The molecule has 4 aliphatic carbocycles. The SMILES string of the molecule is CC1CCCC2(C)CC3OC(=O)C4(COC5(C4)C(=O)OC4CC6(C)CCCC(C)C6=CC45)C3C=C12. The highest BCUT2D eigenvalue weighted by atomic mass is 16.6. The number of ether oxygens (including phenoxy) is 3. The van der Waals surface area contributed by atoms with Crippen molar-refractivity contribution < 1.29 is 23.8 Å². The highest BCUT2D eigenvalue weighted by Crippen LogP contribution is 2.64. The van der Waals surface area contributed by atoms with E-state index in [1.807, 2.05) is 0 Å². The van der Waals surface area contributed by atoms with E-state index in [9.17, 15) is 9.59 Å². The second-order valence-electron chi connectivity index (χ2n) is 13.8. The van der Waals surface area contributed by atoms with E-state index in [4.69, 9.17) is 14.2 Å². The quantitative estimate of drug-likeness (QED) is 0.337. The predicted molar refractivity (Wildman–Crippen MR) is 130 cm³/mol. The Balaban J connectivity index is 1.27. The fourth-order valence-electron chi connectivity index (χ4n) is 9.76. The van der Waals surface area contributed by atoms with E-state index in [0.29, 0.717) is 18.3 Å². The van der Waals surface area contributed by atoms with Crippen molar-refractivity contribution >= 4 is 11.9 Å². The van der Waals surface area contributed by atoms with Crippen molar-refractivity contribution in [2.45, 2.75) is 103 Å². The molecule has 10 unspecified atom stereocenters. The van der Waals surface area contributed by atoms with Crippen LogP contribution >= 0.6 is 0 Å². The molecule has 2 spiro atoms. The lowest BCUT2D eigenvalue weighted by atomic mass is 9.56. The minimum atomic E-state index is -1.05. The van der Waals surface area contributed by atoms with E-state index in [2.05, 4.69) is 39.8 Å². The minimum absolute atomic E-state index is 0.0139. The third kappa shape index (κ3) is 2.80. The second kappa shape index (κ2) is 7.02. The molecule has 5 fully saturated rings. The van der Waals surface area contributed by atoms with Gasteiger partial charge in [-0.1, -0.05) is 63.8 Å². The van der Waals surface area contributed by atoms with Crippen LogP contribution in [0.1, 0.15) is 85.5 Å². The van der Waals surface area contributed by atoms with Crippen molar-refractivity contribution in [3.05, 3.63) is 23.3 Å². The molecule has 7 aliphatic rings. The Morgan fingerprint density at radius 3 is 1.97 bits per heavy atom. The van der Waals surface area contributed by atoms with Crippen molar-refractivity contribution in [1.82, 2.24) is 0 Å². The van der Waals surface area contributed by atoms with Crippen molar-refractivity contribution in [3.8, 4) is 0 Å². The predicted octanol–water partition coefficient (Wildman–Crippen LogP) is 5.53. The van der Waals surface area contributed by atoms with Crippen molar-refractivity contribution in [1.29, 1.82) is 0 Å². The summed E-state index contributed by atoms with van der Waals surface area (Å²) in [5.41, 5.74) is 1.37. The van der Waals surface area contributed by atoms with Crippen LogP contribution in [0.5, 0.6) is 0 Å². The molecule has 0 radical (unpaired) electrons. The van der Waals surface area contributed by atoms with Crippen molar-refractivity contribution in [3.63, 3.8) is 0 Å². The normalized spacial score (nSPS) is 54.4. The fourth-order valence-corrected chi connectivity index (χ4v) is 9.76. The number of rotatable bonds is 0. The molecule has 5 heteroatoms. The third-order valence-electron chi connectivity index (χ3n) is 11.6. The summed E-state index contributed by atoms with van der Waals surface area (Å²) in [7, 11) is 0. The van der Waals surface area contributed by atoms with Gasteiger partial charge in [0.2, 0.25) is 0 Å². The van der Waals surface area contributed by atoms with Crippen LogP contribution in [-0.2, 0) is 23.8 Å². The number of hydrogen-bond donors (Lipinski definition) is 0. The maximum atomic E-state index is 13.6. The summed E-state index contributed by atoms with van der Waals surface area (Å²) < 4.78 is 18.7. The van der Waals surface area contributed by atoms with Gasteiger partial charge in [0, 0.05) is 12.3 Å². The van der Waals surface area contributed by atoms with Gasteiger partial charge in [-0.2, -0.15) is 0 Å². The van der Waals surface area contributed by atoms with Crippen LogP contribution < -0.4 is 0 Å². The minimum Gasteiger partial charge on any atom is -0.461 e. The van der Waals surface area contributed by atoms with Crippen LogP contribution in [0, 0.1) is 39.9 Å². The van der Waals surface area contributed by atoms with Gasteiger partial charge in [0.25, 0.3) is 0 Å². The van der Waals surface area contributed by atoms with Crippen LogP contribution in [0.3, 0.4) is 0 Å². The lowest BCUT2D eigenvalue weighted by Crippen LogP contribution is -2.47. The van der Waals surface area contributed by atoms with Crippen LogP contribution in [-0.4, -0.2) is 36.4 Å². The molecule has 7 rings (SSSR count). The maximum Gasteiger partial charge on any atom is 0.339 e. The number of carbonyl (C=O) groups excluding carboxylic acids is 2. The Labute approximate surface area is 209 Å². The van der Waals surface area contributed by atoms with E-state index >= 15 is 0 Å². The molecule has 10 atom stereocenters. The zero-order chi connectivity index (χ0) is 24.4. The Kier molecular flexibility index (Phi) is 4.53. The zero-order valence-electron chi connectivity index (χ0n) is 21.7. The number of allylic oxidation sites excluding steroid dienone is 2. The molecule has 0 bridgehead atoms. The first kappa shape index (κ1) is 22.6. The Morgan fingerprint density at radius 1 is 0.800 bits per heavy atom. The van der Waals surface area contributed by atoms with Gasteiger partial charge < -0.3 is 14.2 Å². The summed E-state index contributed by atoms with van der Waals surface area (Å²) in [6, 6.07) is 0. The van der Waals surface area contributed by atoms with Gasteiger partial charge in [0.05, 0.1) is 12.5 Å². The van der Waals surface area contributed by atoms with Crippen molar-refractivity contribution in [2.75, 3.05) is 6.61 Å². The first-order chi connectivity index (χ1) is 16.6. The molecule has 0 aromatic heterocycles. The molecule has 3 saturated heterocycles. The molecule has 35 heavy (non-hydrogen) atoms. The van der Waals surface area contributed by atoms with Crippen LogP contribution in [0.2, 0.25) is 0 Å². The number of fused-ring (bicyclic) bond motifs is 6. The molecule has 0 amide bonds. The van der Waals surface area contributed by atoms with E-state index in [-0.39, 0.29) is 53.4 Å². The number of esters is 2. The van der Waals surface area contributed by atoms with Gasteiger partial charge in [-0.15, -0.1) is 0 Å². The summed E-state index contributed by atoms with van der Waals surface area (Å²) in [6.07, 6.45) is 13.8. The molecule has 3 heterocycles. The Hall–Kier alpha value is -1.62. The first-order valence-corrected chi connectivity index (χ1v) is 14.1. The van der Waals surface area contributed by atoms with Gasteiger partial charge in [-0.3, -0.25) is 4.79 Å². The Morgan fingerprint density at radius 2 is 1.34 bits per heavy atom. The van der Waals surface area contributed by atoms with Crippen LogP contribution in [0.15, 0.2) is 23.3 Å². The average Bonchev–Trinajstić information content (AvgIpc) is 3.39. The van der Waals surface area contributed by atoms with Gasteiger partial charge in [0.15, 0.2) is 5.60 Å². The molecule has 2 saturated carbocycles.